The van der Waals surface area contributed by atoms with Crippen molar-refractivity contribution >= 4 is 21.8 Å². The van der Waals surface area contributed by atoms with E-state index >= 15 is 0 Å². The maximum atomic E-state index is 12.3. The lowest BCUT2D eigenvalue weighted by atomic mass is 9.99. The highest BCUT2D eigenvalue weighted by Gasteiger charge is 2.21. The summed E-state index contributed by atoms with van der Waals surface area (Å²) in [5, 5.41) is 8.98. The van der Waals surface area contributed by atoms with Gasteiger partial charge < -0.3 is 10.0 Å². The molecule has 1 aromatic carbocycles. The molecular formula is C15H15N3O4S. The van der Waals surface area contributed by atoms with Crippen LogP contribution in [0.15, 0.2) is 47.6 Å². The quantitative estimate of drug-likeness (QED) is 0.894. The van der Waals surface area contributed by atoms with Crippen molar-refractivity contribution in [2.45, 2.75) is 18.0 Å². The van der Waals surface area contributed by atoms with E-state index in [-0.39, 0.29) is 5.03 Å². The normalized spacial score (nSPS) is 14.2. The van der Waals surface area contributed by atoms with E-state index in [9.17, 15) is 13.2 Å². The Morgan fingerprint density at radius 3 is 2.74 bits per heavy atom. The highest BCUT2D eigenvalue weighted by atomic mass is 32.2. The first kappa shape index (κ1) is 15.3. The molecule has 1 aliphatic heterocycles. The van der Waals surface area contributed by atoms with Crippen LogP contribution in [-0.4, -0.2) is 36.0 Å². The Morgan fingerprint density at radius 1 is 1.22 bits per heavy atom. The summed E-state index contributed by atoms with van der Waals surface area (Å²) in [6.07, 6.45) is 1.03. The summed E-state index contributed by atoms with van der Waals surface area (Å²) in [7, 11) is -3.73. The number of aromatic nitrogens is 1. The van der Waals surface area contributed by atoms with E-state index in [1.54, 1.807) is 30.3 Å². The summed E-state index contributed by atoms with van der Waals surface area (Å²) in [6, 6.07) is 9.80. The molecule has 0 bridgehead atoms. The topological polar surface area (TPSA) is 99.6 Å². The number of sulfonamides is 1. The summed E-state index contributed by atoms with van der Waals surface area (Å²) in [5.41, 5.74) is 2.28. The van der Waals surface area contributed by atoms with Gasteiger partial charge in [0.15, 0.2) is 5.03 Å². The number of anilines is 1. The van der Waals surface area contributed by atoms with Crippen LogP contribution in [0.5, 0.6) is 0 Å². The van der Waals surface area contributed by atoms with Crippen LogP contribution in [0.2, 0.25) is 0 Å². The molecule has 0 atom stereocenters. The van der Waals surface area contributed by atoms with Gasteiger partial charge in [-0.2, -0.15) is 8.42 Å². The Morgan fingerprint density at radius 2 is 2.04 bits per heavy atom. The van der Waals surface area contributed by atoms with Gasteiger partial charge in [-0.25, -0.2) is 9.78 Å². The molecule has 1 aliphatic rings. The Bertz CT molecular complexity index is 837. The van der Waals surface area contributed by atoms with Crippen LogP contribution < -0.4 is 4.72 Å². The monoisotopic (exact) mass is 333 g/mol. The largest absolute Gasteiger partial charge is 0.465 e. The maximum absolute atomic E-state index is 12.3. The molecule has 0 spiro atoms. The number of carboxylic acid groups (broad SMARTS) is 1. The number of pyridine rings is 1. The van der Waals surface area contributed by atoms with Gasteiger partial charge in [-0.15, -0.1) is 0 Å². The van der Waals surface area contributed by atoms with Crippen LogP contribution in [-0.2, 0) is 23.0 Å². The summed E-state index contributed by atoms with van der Waals surface area (Å²) < 4.78 is 27.0. The molecule has 0 saturated heterocycles. The molecule has 0 saturated carbocycles. The van der Waals surface area contributed by atoms with E-state index < -0.39 is 16.1 Å². The molecule has 120 valence electrons. The Balaban J connectivity index is 1.82. The number of nitrogens with one attached hydrogen (secondary N) is 1. The van der Waals surface area contributed by atoms with Crippen molar-refractivity contribution in [1.29, 1.82) is 0 Å². The van der Waals surface area contributed by atoms with Crippen molar-refractivity contribution in [2.24, 2.45) is 0 Å². The van der Waals surface area contributed by atoms with E-state index in [1.165, 1.54) is 17.2 Å². The zero-order valence-electron chi connectivity index (χ0n) is 12.1. The smallest absolute Gasteiger partial charge is 0.407 e. The average molecular weight is 333 g/mol. The highest BCUT2D eigenvalue weighted by Crippen LogP contribution is 2.24. The van der Waals surface area contributed by atoms with Crippen LogP contribution in [0.3, 0.4) is 0 Å². The first-order chi connectivity index (χ1) is 11.0. The lowest BCUT2D eigenvalue weighted by molar-refractivity contribution is 0.140. The first-order valence-corrected chi connectivity index (χ1v) is 8.47. The van der Waals surface area contributed by atoms with Gasteiger partial charge in [0.05, 0.1) is 0 Å². The van der Waals surface area contributed by atoms with E-state index in [4.69, 9.17) is 5.11 Å². The van der Waals surface area contributed by atoms with Crippen LogP contribution in [0.4, 0.5) is 10.5 Å². The standard InChI is InChI=1S/C15H15N3O4S/c19-15(20)18-8-6-11-9-13(5-4-12(11)10-18)17-23(21,22)14-3-1-2-7-16-14/h1-5,7,9,17H,6,8,10H2,(H,19,20). The van der Waals surface area contributed by atoms with Gasteiger partial charge in [-0.05, 0) is 41.8 Å². The number of fused-ring (bicyclic) bond motifs is 1. The summed E-state index contributed by atoms with van der Waals surface area (Å²) >= 11 is 0. The van der Waals surface area contributed by atoms with Crippen LogP contribution in [0.25, 0.3) is 0 Å². The lowest BCUT2D eigenvalue weighted by Gasteiger charge is -2.26. The van der Waals surface area contributed by atoms with Crippen molar-refractivity contribution in [2.75, 3.05) is 11.3 Å². The number of nitrogens with zero attached hydrogens (tertiary/aromatic N) is 2. The SMILES string of the molecule is O=C(O)N1CCc2cc(NS(=O)(=O)c3ccccn3)ccc2C1. The predicted molar refractivity (Wildman–Crippen MR) is 83.6 cm³/mol. The van der Waals surface area contributed by atoms with Crippen molar-refractivity contribution in [3.8, 4) is 0 Å². The van der Waals surface area contributed by atoms with Crippen molar-refractivity contribution in [3.63, 3.8) is 0 Å². The van der Waals surface area contributed by atoms with Crippen LogP contribution >= 0.6 is 0 Å². The lowest BCUT2D eigenvalue weighted by Crippen LogP contribution is -2.34. The zero-order valence-corrected chi connectivity index (χ0v) is 13.0. The molecule has 0 fully saturated rings. The Kier molecular flexibility index (Phi) is 3.91. The third-order valence-electron chi connectivity index (χ3n) is 3.65. The molecule has 23 heavy (non-hydrogen) atoms. The molecule has 1 amide bonds. The molecule has 1 aromatic heterocycles. The van der Waals surface area contributed by atoms with Gasteiger partial charge in [0, 0.05) is 25.0 Å². The van der Waals surface area contributed by atoms with Gasteiger partial charge in [0.1, 0.15) is 0 Å². The molecule has 8 heteroatoms. The molecule has 0 radical (unpaired) electrons. The fourth-order valence-corrected chi connectivity index (χ4v) is 3.49. The Hall–Kier alpha value is -2.61. The second-order valence-corrected chi connectivity index (χ2v) is 6.84. The minimum Gasteiger partial charge on any atom is -0.465 e. The fourth-order valence-electron chi connectivity index (χ4n) is 2.49. The van der Waals surface area contributed by atoms with E-state index in [0.29, 0.717) is 25.2 Å². The predicted octanol–water partition coefficient (Wildman–Crippen LogP) is 1.92. The van der Waals surface area contributed by atoms with Crippen molar-refractivity contribution in [1.82, 2.24) is 9.88 Å². The number of amides is 1. The van der Waals surface area contributed by atoms with Crippen LogP contribution in [0.1, 0.15) is 11.1 Å². The van der Waals surface area contributed by atoms with Crippen molar-refractivity contribution < 1.29 is 18.3 Å². The summed E-state index contributed by atoms with van der Waals surface area (Å²) in [6.45, 7) is 0.719. The number of carbonyl (C=O) groups is 1. The van der Waals surface area contributed by atoms with Crippen molar-refractivity contribution in [3.05, 3.63) is 53.7 Å². The molecule has 0 aliphatic carbocycles. The van der Waals surface area contributed by atoms with Gasteiger partial charge >= 0.3 is 6.09 Å². The summed E-state index contributed by atoms with van der Waals surface area (Å²) in [4.78, 5) is 16.2. The van der Waals surface area contributed by atoms with E-state index in [1.807, 2.05) is 0 Å². The minimum absolute atomic E-state index is 0.0465. The minimum atomic E-state index is -3.73. The average Bonchev–Trinajstić information content (AvgIpc) is 2.54. The molecule has 2 aromatic rings. The second kappa shape index (κ2) is 5.88. The number of benzene rings is 1. The van der Waals surface area contributed by atoms with E-state index in [0.717, 1.165) is 11.1 Å². The summed E-state index contributed by atoms with van der Waals surface area (Å²) in [5.74, 6) is 0. The fraction of sp³-hybridized carbons (Fsp3) is 0.200. The third-order valence-corrected chi connectivity index (χ3v) is 4.95. The number of hydrogen-bond acceptors (Lipinski definition) is 4. The Labute approximate surface area is 133 Å². The maximum Gasteiger partial charge on any atom is 0.407 e. The van der Waals surface area contributed by atoms with Gasteiger partial charge in [-0.1, -0.05) is 12.1 Å². The van der Waals surface area contributed by atoms with Gasteiger partial charge in [-0.3, -0.25) is 4.72 Å². The second-order valence-electron chi connectivity index (χ2n) is 5.21. The highest BCUT2D eigenvalue weighted by molar-refractivity contribution is 7.92. The molecule has 2 heterocycles. The van der Waals surface area contributed by atoms with Gasteiger partial charge in [0.25, 0.3) is 10.0 Å². The zero-order chi connectivity index (χ0) is 16.4. The molecule has 2 N–H and O–H groups in total. The van der Waals surface area contributed by atoms with E-state index in [2.05, 4.69) is 9.71 Å². The number of rotatable bonds is 3. The molecular weight excluding hydrogens is 318 g/mol. The van der Waals surface area contributed by atoms with Crippen LogP contribution in [0, 0.1) is 0 Å². The molecule has 0 unspecified atom stereocenters. The van der Waals surface area contributed by atoms with Gasteiger partial charge in [0.2, 0.25) is 0 Å². The first-order valence-electron chi connectivity index (χ1n) is 6.99. The third kappa shape index (κ3) is 3.26. The molecule has 3 rings (SSSR count). The molecule has 7 nitrogen and oxygen atoms in total. The number of hydrogen-bond donors (Lipinski definition) is 2.